The summed E-state index contributed by atoms with van der Waals surface area (Å²) in [5, 5.41) is 12.2. The van der Waals surface area contributed by atoms with E-state index in [0.29, 0.717) is 18.8 Å². The van der Waals surface area contributed by atoms with E-state index in [4.69, 9.17) is 0 Å². The molecule has 0 spiro atoms. The molecule has 0 aromatic heterocycles. The Bertz CT molecular complexity index is 563. The molecule has 4 nitrogen and oxygen atoms in total. The first-order chi connectivity index (χ1) is 10.0. The van der Waals surface area contributed by atoms with Gasteiger partial charge in [0.25, 0.3) is 0 Å². The zero-order chi connectivity index (χ0) is 15.4. The lowest BCUT2D eigenvalue weighted by molar-refractivity contribution is -0.146. The Hall–Kier alpha value is -2.10. The lowest BCUT2D eigenvalue weighted by atomic mass is 9.82. The van der Waals surface area contributed by atoms with Crippen LogP contribution in [0.15, 0.2) is 36.4 Å². The highest BCUT2D eigenvalue weighted by Gasteiger charge is 2.34. The molecule has 2 rings (SSSR count). The molecule has 0 fully saturated rings. The van der Waals surface area contributed by atoms with Gasteiger partial charge in [-0.1, -0.05) is 44.2 Å². The summed E-state index contributed by atoms with van der Waals surface area (Å²) in [6, 6.07) is 7.66. The average molecular weight is 287 g/mol. The highest BCUT2D eigenvalue weighted by Crippen LogP contribution is 2.29. The molecule has 0 heterocycles. The quantitative estimate of drug-likeness (QED) is 0.834. The van der Waals surface area contributed by atoms with Gasteiger partial charge < -0.3 is 10.4 Å². The van der Waals surface area contributed by atoms with E-state index >= 15 is 0 Å². The fraction of sp³-hybridized carbons (Fsp3) is 0.412. The Balaban J connectivity index is 2.18. The molecule has 112 valence electrons. The summed E-state index contributed by atoms with van der Waals surface area (Å²) in [7, 11) is 0. The van der Waals surface area contributed by atoms with Gasteiger partial charge in [-0.3, -0.25) is 9.59 Å². The molecule has 21 heavy (non-hydrogen) atoms. The van der Waals surface area contributed by atoms with Gasteiger partial charge in [-0.2, -0.15) is 0 Å². The van der Waals surface area contributed by atoms with Gasteiger partial charge in [0.15, 0.2) is 0 Å². The number of carboxylic acids is 1. The van der Waals surface area contributed by atoms with Crippen LogP contribution in [0.3, 0.4) is 0 Å². The number of amides is 1. The molecule has 2 N–H and O–H groups in total. The SMILES string of the molecule is CC(C)c1ccccc1NC(=O)[C@H]1CC=CC[C@H]1C(=O)O. The number of hydrogen-bond acceptors (Lipinski definition) is 2. The Kier molecular flexibility index (Phi) is 4.78. The number of benzene rings is 1. The Morgan fingerprint density at radius 1 is 1.14 bits per heavy atom. The van der Waals surface area contributed by atoms with Gasteiger partial charge in [-0.15, -0.1) is 0 Å². The number of para-hydroxylation sites is 1. The zero-order valence-corrected chi connectivity index (χ0v) is 12.4. The fourth-order valence-corrected chi connectivity index (χ4v) is 2.72. The number of rotatable bonds is 4. The van der Waals surface area contributed by atoms with Crippen molar-refractivity contribution in [2.75, 3.05) is 5.32 Å². The average Bonchev–Trinajstić information content (AvgIpc) is 2.47. The minimum absolute atomic E-state index is 0.208. The number of carboxylic acid groups (broad SMARTS) is 1. The summed E-state index contributed by atoms with van der Waals surface area (Å²) >= 11 is 0. The van der Waals surface area contributed by atoms with Crippen LogP contribution >= 0.6 is 0 Å². The Labute approximate surface area is 124 Å². The van der Waals surface area contributed by atoms with Crippen LogP contribution in [0.5, 0.6) is 0 Å². The number of anilines is 1. The first-order valence-electron chi connectivity index (χ1n) is 7.28. The fourth-order valence-electron chi connectivity index (χ4n) is 2.72. The largest absolute Gasteiger partial charge is 0.481 e. The van der Waals surface area contributed by atoms with E-state index in [1.54, 1.807) is 0 Å². The molecule has 0 radical (unpaired) electrons. The molecule has 1 aromatic rings. The Morgan fingerprint density at radius 2 is 1.76 bits per heavy atom. The maximum Gasteiger partial charge on any atom is 0.307 e. The second-order valence-electron chi connectivity index (χ2n) is 5.73. The van der Waals surface area contributed by atoms with E-state index < -0.39 is 17.8 Å². The van der Waals surface area contributed by atoms with Crippen LogP contribution in [0.2, 0.25) is 0 Å². The third kappa shape index (κ3) is 3.51. The summed E-state index contributed by atoms with van der Waals surface area (Å²) < 4.78 is 0. The predicted octanol–water partition coefficient (Wildman–Crippen LogP) is 3.42. The second kappa shape index (κ2) is 6.57. The van der Waals surface area contributed by atoms with Crippen molar-refractivity contribution in [2.24, 2.45) is 11.8 Å². The van der Waals surface area contributed by atoms with E-state index in [0.717, 1.165) is 11.3 Å². The summed E-state index contributed by atoms with van der Waals surface area (Å²) in [4.78, 5) is 23.7. The third-order valence-electron chi connectivity index (χ3n) is 3.93. The number of aliphatic carboxylic acids is 1. The van der Waals surface area contributed by atoms with E-state index in [2.05, 4.69) is 19.2 Å². The molecule has 0 saturated heterocycles. The molecular formula is C17H21NO3. The van der Waals surface area contributed by atoms with Crippen LogP contribution in [0.25, 0.3) is 0 Å². The van der Waals surface area contributed by atoms with Gasteiger partial charge in [-0.25, -0.2) is 0 Å². The highest BCUT2D eigenvalue weighted by molar-refractivity contribution is 5.96. The molecule has 1 aliphatic carbocycles. The standard InChI is InChI=1S/C17H21NO3/c1-11(2)12-7-5-6-10-15(12)18-16(19)13-8-3-4-9-14(13)17(20)21/h3-7,10-11,13-14H,8-9H2,1-2H3,(H,18,19)(H,20,21)/t13-,14+/m0/s1. The minimum Gasteiger partial charge on any atom is -0.481 e. The van der Waals surface area contributed by atoms with Crippen molar-refractivity contribution in [1.82, 2.24) is 0 Å². The van der Waals surface area contributed by atoms with Crippen LogP contribution < -0.4 is 5.32 Å². The molecule has 0 aliphatic heterocycles. The van der Waals surface area contributed by atoms with Crippen molar-refractivity contribution in [1.29, 1.82) is 0 Å². The van der Waals surface area contributed by atoms with Crippen molar-refractivity contribution in [3.63, 3.8) is 0 Å². The molecule has 4 heteroatoms. The monoisotopic (exact) mass is 287 g/mol. The first kappa shape index (κ1) is 15.3. The number of nitrogens with one attached hydrogen (secondary N) is 1. The van der Waals surface area contributed by atoms with Crippen molar-refractivity contribution in [3.05, 3.63) is 42.0 Å². The molecule has 2 atom stereocenters. The van der Waals surface area contributed by atoms with Gasteiger partial charge in [0, 0.05) is 5.69 Å². The van der Waals surface area contributed by atoms with Crippen LogP contribution in [-0.2, 0) is 9.59 Å². The molecule has 0 saturated carbocycles. The molecule has 1 amide bonds. The normalized spacial score (nSPS) is 21.3. The van der Waals surface area contributed by atoms with Crippen molar-refractivity contribution < 1.29 is 14.7 Å². The van der Waals surface area contributed by atoms with Gasteiger partial charge in [0.05, 0.1) is 11.8 Å². The summed E-state index contributed by atoms with van der Waals surface area (Å²) in [6.45, 7) is 4.13. The van der Waals surface area contributed by atoms with E-state index in [1.807, 2.05) is 36.4 Å². The highest BCUT2D eigenvalue weighted by atomic mass is 16.4. The summed E-state index contributed by atoms with van der Waals surface area (Å²) in [5.74, 6) is -1.96. The molecule has 1 aromatic carbocycles. The molecule has 0 unspecified atom stereocenters. The smallest absolute Gasteiger partial charge is 0.307 e. The maximum absolute atomic E-state index is 12.4. The lowest BCUT2D eigenvalue weighted by Crippen LogP contribution is -2.35. The van der Waals surface area contributed by atoms with Crippen molar-refractivity contribution in [2.45, 2.75) is 32.6 Å². The summed E-state index contributed by atoms with van der Waals surface area (Å²) in [5.41, 5.74) is 1.83. The number of carbonyl (C=O) groups excluding carboxylic acids is 1. The maximum atomic E-state index is 12.4. The van der Waals surface area contributed by atoms with E-state index in [-0.39, 0.29) is 5.91 Å². The number of allylic oxidation sites excluding steroid dienone is 2. The predicted molar refractivity (Wildman–Crippen MR) is 82.2 cm³/mol. The van der Waals surface area contributed by atoms with E-state index in [1.165, 1.54) is 0 Å². The van der Waals surface area contributed by atoms with Crippen LogP contribution in [0.4, 0.5) is 5.69 Å². The van der Waals surface area contributed by atoms with Crippen LogP contribution in [-0.4, -0.2) is 17.0 Å². The van der Waals surface area contributed by atoms with Crippen LogP contribution in [0.1, 0.15) is 38.2 Å². The number of hydrogen-bond donors (Lipinski definition) is 2. The van der Waals surface area contributed by atoms with Gasteiger partial charge in [0.2, 0.25) is 5.91 Å². The van der Waals surface area contributed by atoms with Crippen molar-refractivity contribution in [3.8, 4) is 0 Å². The van der Waals surface area contributed by atoms with E-state index in [9.17, 15) is 14.7 Å². The second-order valence-corrected chi connectivity index (χ2v) is 5.73. The molecular weight excluding hydrogens is 266 g/mol. The molecule has 1 aliphatic rings. The third-order valence-corrected chi connectivity index (χ3v) is 3.93. The van der Waals surface area contributed by atoms with Gasteiger partial charge in [-0.05, 0) is 30.4 Å². The topological polar surface area (TPSA) is 66.4 Å². The first-order valence-corrected chi connectivity index (χ1v) is 7.28. The van der Waals surface area contributed by atoms with Gasteiger partial charge >= 0.3 is 5.97 Å². The minimum atomic E-state index is -0.906. The van der Waals surface area contributed by atoms with Crippen LogP contribution in [0, 0.1) is 11.8 Å². The number of carbonyl (C=O) groups is 2. The van der Waals surface area contributed by atoms with Crippen molar-refractivity contribution >= 4 is 17.6 Å². The zero-order valence-electron chi connectivity index (χ0n) is 12.4. The Morgan fingerprint density at radius 3 is 2.38 bits per heavy atom. The lowest BCUT2D eigenvalue weighted by Gasteiger charge is -2.25. The molecule has 0 bridgehead atoms. The van der Waals surface area contributed by atoms with Gasteiger partial charge in [0.1, 0.15) is 0 Å². The summed E-state index contributed by atoms with van der Waals surface area (Å²) in [6.07, 6.45) is 4.62.